The number of halogens is 3. The van der Waals surface area contributed by atoms with Gasteiger partial charge in [-0.25, -0.2) is 9.69 Å². The first-order valence-corrected chi connectivity index (χ1v) is 11.9. The summed E-state index contributed by atoms with van der Waals surface area (Å²) in [5, 5.41) is 6.08. The molecule has 3 amide bonds. The Morgan fingerprint density at radius 1 is 0.919 bits per heavy atom. The molecule has 1 aliphatic rings. The molecule has 3 aromatic carbocycles. The van der Waals surface area contributed by atoms with Gasteiger partial charge >= 0.3 is 5.97 Å². The van der Waals surface area contributed by atoms with Crippen LogP contribution in [0.15, 0.2) is 77.5 Å². The third-order valence-corrected chi connectivity index (χ3v) is 6.24. The standard InChI is InChI=1S/C26H18Cl3N3O5/c1-37-26(36)15-3-2-4-18(12-15)32-24(34)22(29)23(25(32)35)30-17-8-5-14(6-9-17)11-21(33)31-20-10-7-16(27)13-19(20)28/h2-10,12-13,30H,11H2,1H3,(H,31,33). The molecule has 0 aromatic heterocycles. The fourth-order valence-electron chi connectivity index (χ4n) is 3.56. The number of amides is 3. The summed E-state index contributed by atoms with van der Waals surface area (Å²) in [6, 6.07) is 17.3. The third-order valence-electron chi connectivity index (χ3n) is 5.35. The molecular weight excluding hydrogens is 541 g/mol. The minimum Gasteiger partial charge on any atom is -0.465 e. The molecule has 0 fully saturated rings. The summed E-state index contributed by atoms with van der Waals surface area (Å²) in [7, 11) is 1.23. The van der Waals surface area contributed by atoms with Gasteiger partial charge in [0.15, 0.2) is 0 Å². The van der Waals surface area contributed by atoms with Crippen LogP contribution in [0.1, 0.15) is 15.9 Å². The summed E-state index contributed by atoms with van der Waals surface area (Å²) in [5.41, 5.74) is 1.86. The first-order valence-electron chi connectivity index (χ1n) is 10.8. The van der Waals surface area contributed by atoms with Crippen molar-refractivity contribution in [2.24, 2.45) is 0 Å². The highest BCUT2D eigenvalue weighted by molar-refractivity contribution is 6.53. The first-order chi connectivity index (χ1) is 17.7. The molecular formula is C26H18Cl3N3O5. The van der Waals surface area contributed by atoms with Gasteiger partial charge in [-0.05, 0) is 54.1 Å². The van der Waals surface area contributed by atoms with Gasteiger partial charge in [-0.2, -0.15) is 0 Å². The largest absolute Gasteiger partial charge is 0.465 e. The van der Waals surface area contributed by atoms with E-state index in [1.165, 1.54) is 37.4 Å². The maximum Gasteiger partial charge on any atom is 0.337 e. The first kappa shape index (κ1) is 26.2. The Balaban J connectivity index is 1.43. The van der Waals surface area contributed by atoms with E-state index in [1.54, 1.807) is 36.4 Å². The van der Waals surface area contributed by atoms with Crippen LogP contribution in [0.25, 0.3) is 0 Å². The second-order valence-electron chi connectivity index (χ2n) is 7.85. The molecule has 11 heteroatoms. The SMILES string of the molecule is COC(=O)c1cccc(N2C(=O)C(Cl)=C(Nc3ccc(CC(=O)Nc4ccc(Cl)cc4Cl)cc3)C2=O)c1. The summed E-state index contributed by atoms with van der Waals surface area (Å²) < 4.78 is 4.69. The Bertz CT molecular complexity index is 1450. The zero-order chi connectivity index (χ0) is 26.7. The van der Waals surface area contributed by atoms with Gasteiger partial charge in [0.1, 0.15) is 10.7 Å². The lowest BCUT2D eigenvalue weighted by Crippen LogP contribution is -2.32. The number of carbonyl (C=O) groups excluding carboxylic acids is 4. The Labute approximate surface area is 226 Å². The quantitative estimate of drug-likeness (QED) is 0.297. The molecule has 0 spiro atoms. The van der Waals surface area contributed by atoms with E-state index in [9.17, 15) is 19.2 Å². The van der Waals surface area contributed by atoms with Crippen LogP contribution in [0.3, 0.4) is 0 Å². The molecule has 37 heavy (non-hydrogen) atoms. The number of nitrogens with one attached hydrogen (secondary N) is 2. The molecule has 0 atom stereocenters. The molecule has 1 aliphatic heterocycles. The third kappa shape index (κ3) is 5.77. The summed E-state index contributed by atoms with van der Waals surface area (Å²) in [5.74, 6) is -2.30. The van der Waals surface area contributed by atoms with Crippen LogP contribution in [-0.4, -0.2) is 30.8 Å². The summed E-state index contributed by atoms with van der Waals surface area (Å²) in [6.45, 7) is 0. The van der Waals surface area contributed by atoms with Crippen LogP contribution in [0.2, 0.25) is 10.0 Å². The molecule has 0 unspecified atom stereocenters. The number of methoxy groups -OCH3 is 1. The predicted molar refractivity (Wildman–Crippen MR) is 142 cm³/mol. The number of ether oxygens (including phenoxy) is 1. The molecule has 0 saturated carbocycles. The number of rotatable bonds is 7. The Morgan fingerprint density at radius 2 is 1.65 bits per heavy atom. The number of esters is 1. The number of hydrogen-bond donors (Lipinski definition) is 2. The van der Waals surface area contributed by atoms with Crippen molar-refractivity contribution in [1.29, 1.82) is 0 Å². The second-order valence-corrected chi connectivity index (χ2v) is 9.07. The Kier molecular flexibility index (Phi) is 7.83. The van der Waals surface area contributed by atoms with Gasteiger partial charge < -0.3 is 15.4 Å². The number of hydrogen-bond acceptors (Lipinski definition) is 6. The molecule has 4 rings (SSSR count). The number of imide groups is 1. The van der Waals surface area contributed by atoms with Crippen molar-refractivity contribution in [2.75, 3.05) is 22.6 Å². The molecule has 8 nitrogen and oxygen atoms in total. The molecule has 2 N–H and O–H groups in total. The van der Waals surface area contributed by atoms with Gasteiger partial charge in [-0.1, -0.05) is 53.0 Å². The minimum atomic E-state index is -0.731. The van der Waals surface area contributed by atoms with Crippen molar-refractivity contribution in [1.82, 2.24) is 0 Å². The predicted octanol–water partition coefficient (Wildman–Crippen LogP) is 5.40. The van der Waals surface area contributed by atoms with E-state index in [-0.39, 0.29) is 34.3 Å². The van der Waals surface area contributed by atoms with Crippen molar-refractivity contribution in [3.05, 3.63) is 98.6 Å². The van der Waals surface area contributed by atoms with Crippen LogP contribution >= 0.6 is 34.8 Å². The molecule has 0 aliphatic carbocycles. The summed E-state index contributed by atoms with van der Waals surface area (Å²) >= 11 is 18.2. The van der Waals surface area contributed by atoms with Crippen LogP contribution < -0.4 is 15.5 Å². The van der Waals surface area contributed by atoms with E-state index >= 15 is 0 Å². The Morgan fingerprint density at radius 3 is 2.32 bits per heavy atom. The molecule has 0 bridgehead atoms. The highest BCUT2D eigenvalue weighted by Crippen LogP contribution is 2.31. The second kappa shape index (κ2) is 11.0. The smallest absolute Gasteiger partial charge is 0.337 e. The lowest BCUT2D eigenvalue weighted by Gasteiger charge is -2.16. The fraction of sp³-hybridized carbons (Fsp3) is 0.0769. The normalized spacial score (nSPS) is 13.1. The van der Waals surface area contributed by atoms with Crippen molar-refractivity contribution < 1.29 is 23.9 Å². The van der Waals surface area contributed by atoms with Gasteiger partial charge in [0, 0.05) is 10.7 Å². The maximum atomic E-state index is 13.0. The van der Waals surface area contributed by atoms with E-state index in [0.717, 1.165) is 4.90 Å². The highest BCUT2D eigenvalue weighted by atomic mass is 35.5. The van der Waals surface area contributed by atoms with Gasteiger partial charge in [-0.3, -0.25) is 14.4 Å². The van der Waals surface area contributed by atoms with Crippen molar-refractivity contribution in [2.45, 2.75) is 6.42 Å². The zero-order valence-corrected chi connectivity index (χ0v) is 21.4. The minimum absolute atomic E-state index is 0.0738. The summed E-state index contributed by atoms with van der Waals surface area (Å²) in [6.07, 6.45) is 0.0738. The topological polar surface area (TPSA) is 105 Å². The van der Waals surface area contributed by atoms with Crippen molar-refractivity contribution in [3.63, 3.8) is 0 Å². The number of benzene rings is 3. The molecule has 1 heterocycles. The average Bonchev–Trinajstić information content (AvgIpc) is 3.09. The fourth-order valence-corrected chi connectivity index (χ4v) is 4.22. The van der Waals surface area contributed by atoms with Crippen LogP contribution in [0.5, 0.6) is 0 Å². The molecule has 0 radical (unpaired) electrons. The molecule has 188 valence electrons. The maximum absolute atomic E-state index is 13.0. The van der Waals surface area contributed by atoms with Gasteiger partial charge in [-0.15, -0.1) is 0 Å². The highest BCUT2D eigenvalue weighted by Gasteiger charge is 2.39. The number of anilines is 3. The van der Waals surface area contributed by atoms with Crippen molar-refractivity contribution in [3.8, 4) is 0 Å². The monoisotopic (exact) mass is 557 g/mol. The van der Waals surface area contributed by atoms with E-state index in [2.05, 4.69) is 15.4 Å². The summed E-state index contributed by atoms with van der Waals surface area (Å²) in [4.78, 5) is 50.9. The van der Waals surface area contributed by atoms with E-state index in [1.807, 2.05) is 0 Å². The molecule has 3 aromatic rings. The number of nitrogens with zero attached hydrogens (tertiary/aromatic N) is 1. The zero-order valence-electron chi connectivity index (χ0n) is 19.2. The van der Waals surface area contributed by atoms with E-state index in [0.29, 0.717) is 27.0 Å². The van der Waals surface area contributed by atoms with Crippen LogP contribution in [0.4, 0.5) is 17.1 Å². The van der Waals surface area contributed by atoms with Gasteiger partial charge in [0.25, 0.3) is 11.8 Å². The lowest BCUT2D eigenvalue weighted by molar-refractivity contribution is -0.120. The van der Waals surface area contributed by atoms with Gasteiger partial charge in [0.05, 0.1) is 35.5 Å². The number of carbonyl (C=O) groups is 4. The van der Waals surface area contributed by atoms with E-state index < -0.39 is 17.8 Å². The molecule has 0 saturated heterocycles. The Hall–Kier alpha value is -3.85. The lowest BCUT2D eigenvalue weighted by atomic mass is 10.1. The average molecular weight is 559 g/mol. The van der Waals surface area contributed by atoms with E-state index in [4.69, 9.17) is 34.8 Å². The van der Waals surface area contributed by atoms with Crippen molar-refractivity contribution >= 4 is 75.6 Å². The van der Waals surface area contributed by atoms with Crippen LogP contribution in [-0.2, 0) is 25.5 Å². The van der Waals surface area contributed by atoms with Crippen LogP contribution in [0, 0.1) is 0 Å². The van der Waals surface area contributed by atoms with Gasteiger partial charge in [0.2, 0.25) is 5.91 Å².